The summed E-state index contributed by atoms with van der Waals surface area (Å²) in [4.78, 5) is 0. The van der Waals surface area contributed by atoms with Crippen LogP contribution in [0.4, 0.5) is 0 Å². The van der Waals surface area contributed by atoms with Crippen molar-refractivity contribution in [1.82, 2.24) is 4.72 Å². The minimum Gasteiger partial charge on any atom is -0.212 e. The van der Waals surface area contributed by atoms with Crippen molar-refractivity contribution in [2.45, 2.75) is 32.2 Å². The summed E-state index contributed by atoms with van der Waals surface area (Å²) >= 11 is 0. The van der Waals surface area contributed by atoms with E-state index < -0.39 is 10.0 Å². The molecular formula is C13H19NO2S. The summed E-state index contributed by atoms with van der Waals surface area (Å²) in [5.74, 6) is 0.687. The summed E-state index contributed by atoms with van der Waals surface area (Å²) in [7, 11) is -3.13. The first kappa shape index (κ1) is 12.6. The van der Waals surface area contributed by atoms with Gasteiger partial charge >= 0.3 is 0 Å². The Morgan fingerprint density at radius 3 is 2.47 bits per heavy atom. The van der Waals surface area contributed by atoms with Crippen molar-refractivity contribution in [2.75, 3.05) is 5.75 Å². The maximum Gasteiger partial charge on any atom is 0.212 e. The number of hydrogen-bond donors (Lipinski definition) is 1. The molecule has 1 unspecified atom stereocenters. The monoisotopic (exact) mass is 253 g/mol. The van der Waals surface area contributed by atoms with E-state index >= 15 is 0 Å². The predicted molar refractivity (Wildman–Crippen MR) is 69.1 cm³/mol. The van der Waals surface area contributed by atoms with Gasteiger partial charge in [-0.2, -0.15) is 0 Å². The molecule has 0 amide bonds. The number of hydrogen-bond acceptors (Lipinski definition) is 2. The van der Waals surface area contributed by atoms with Crippen molar-refractivity contribution in [3.05, 3.63) is 35.9 Å². The van der Waals surface area contributed by atoms with Gasteiger partial charge in [0.25, 0.3) is 0 Å². The van der Waals surface area contributed by atoms with Gasteiger partial charge in [0, 0.05) is 6.04 Å². The molecule has 1 N–H and O–H groups in total. The van der Waals surface area contributed by atoms with Gasteiger partial charge in [0.05, 0.1) is 5.75 Å². The molecule has 0 heterocycles. The molecule has 94 valence electrons. The molecule has 0 radical (unpaired) electrons. The molecule has 4 heteroatoms. The molecule has 0 aromatic heterocycles. The highest BCUT2D eigenvalue weighted by atomic mass is 32.2. The number of rotatable bonds is 6. The summed E-state index contributed by atoms with van der Waals surface area (Å²) in [6, 6.07) is 9.83. The molecule has 1 aliphatic carbocycles. The Labute approximate surface area is 103 Å². The third-order valence-electron chi connectivity index (χ3n) is 3.03. The quantitative estimate of drug-likeness (QED) is 0.846. The summed E-state index contributed by atoms with van der Waals surface area (Å²) in [5.41, 5.74) is 1.08. The van der Waals surface area contributed by atoms with Gasteiger partial charge in [0.1, 0.15) is 0 Å². The van der Waals surface area contributed by atoms with Crippen LogP contribution >= 0.6 is 0 Å². The first-order valence-electron chi connectivity index (χ1n) is 6.17. The molecular weight excluding hydrogens is 234 g/mol. The summed E-state index contributed by atoms with van der Waals surface area (Å²) in [6.45, 7) is 1.88. The van der Waals surface area contributed by atoms with Gasteiger partial charge in [0.2, 0.25) is 10.0 Å². The largest absolute Gasteiger partial charge is 0.212 e. The molecule has 0 saturated heterocycles. The third-order valence-corrected chi connectivity index (χ3v) is 4.59. The Bertz CT molecular complexity index is 452. The fourth-order valence-electron chi connectivity index (χ4n) is 2.05. The van der Waals surface area contributed by atoms with E-state index in [1.165, 1.54) is 0 Å². The highest BCUT2D eigenvalue weighted by Crippen LogP contribution is 2.41. The lowest BCUT2D eigenvalue weighted by Gasteiger charge is -2.18. The highest BCUT2D eigenvalue weighted by molar-refractivity contribution is 7.89. The molecule has 1 aliphatic rings. The van der Waals surface area contributed by atoms with Crippen molar-refractivity contribution in [1.29, 1.82) is 0 Å². The minimum absolute atomic E-state index is 0.0345. The number of sulfonamides is 1. The summed E-state index contributed by atoms with van der Waals surface area (Å²) in [5, 5.41) is 0. The minimum atomic E-state index is -3.13. The standard InChI is InChI=1S/C13H19NO2S/c1-2-10-17(15,16)14-13(12-8-9-12)11-6-4-3-5-7-11/h3-7,12-14H,2,8-10H2,1H3. The molecule has 1 aromatic rings. The van der Waals surface area contributed by atoms with Gasteiger partial charge in [0.15, 0.2) is 0 Å². The lowest BCUT2D eigenvalue weighted by Crippen LogP contribution is -2.31. The van der Waals surface area contributed by atoms with E-state index in [9.17, 15) is 8.42 Å². The maximum atomic E-state index is 11.8. The topological polar surface area (TPSA) is 46.2 Å². The molecule has 0 aliphatic heterocycles. The zero-order chi connectivity index (χ0) is 12.3. The SMILES string of the molecule is CCCS(=O)(=O)NC(c1ccccc1)C1CC1. The van der Waals surface area contributed by atoms with E-state index in [0.717, 1.165) is 18.4 Å². The molecule has 3 nitrogen and oxygen atoms in total. The van der Waals surface area contributed by atoms with Crippen LogP contribution in [0.3, 0.4) is 0 Å². The van der Waals surface area contributed by atoms with E-state index in [2.05, 4.69) is 4.72 Å². The average Bonchev–Trinajstić information content (AvgIpc) is 3.11. The summed E-state index contributed by atoms with van der Waals surface area (Å²) in [6.07, 6.45) is 2.89. The van der Waals surface area contributed by atoms with Gasteiger partial charge in [-0.3, -0.25) is 0 Å². The molecule has 2 rings (SSSR count). The van der Waals surface area contributed by atoms with Crippen molar-refractivity contribution in [2.24, 2.45) is 5.92 Å². The van der Waals surface area contributed by atoms with Crippen LogP contribution in [0.15, 0.2) is 30.3 Å². The average molecular weight is 253 g/mol. The molecule has 0 spiro atoms. The van der Waals surface area contributed by atoms with Crippen LogP contribution in [0, 0.1) is 5.92 Å². The van der Waals surface area contributed by atoms with E-state index in [-0.39, 0.29) is 11.8 Å². The smallest absolute Gasteiger partial charge is 0.212 e. The first-order chi connectivity index (χ1) is 8.12. The van der Waals surface area contributed by atoms with Crippen molar-refractivity contribution >= 4 is 10.0 Å². The van der Waals surface area contributed by atoms with Crippen molar-refractivity contribution in [3.8, 4) is 0 Å². The Hall–Kier alpha value is -0.870. The fraction of sp³-hybridized carbons (Fsp3) is 0.538. The highest BCUT2D eigenvalue weighted by Gasteiger charge is 2.34. The van der Waals surface area contributed by atoms with Crippen molar-refractivity contribution in [3.63, 3.8) is 0 Å². The first-order valence-corrected chi connectivity index (χ1v) is 7.82. The zero-order valence-electron chi connectivity index (χ0n) is 10.1. The Morgan fingerprint density at radius 2 is 1.94 bits per heavy atom. The van der Waals surface area contributed by atoms with Crippen LogP contribution in [0.25, 0.3) is 0 Å². The van der Waals surface area contributed by atoms with E-state index in [4.69, 9.17) is 0 Å². The Morgan fingerprint density at radius 1 is 1.29 bits per heavy atom. The van der Waals surface area contributed by atoms with Crippen LogP contribution in [-0.2, 0) is 10.0 Å². The molecule has 0 bridgehead atoms. The molecule has 1 fully saturated rings. The van der Waals surface area contributed by atoms with E-state index in [0.29, 0.717) is 12.3 Å². The Kier molecular flexibility index (Phi) is 3.84. The van der Waals surface area contributed by atoms with Crippen LogP contribution in [0.2, 0.25) is 0 Å². The van der Waals surface area contributed by atoms with E-state index in [1.807, 2.05) is 37.3 Å². The van der Waals surface area contributed by atoms with Gasteiger partial charge in [-0.25, -0.2) is 13.1 Å². The Balaban J connectivity index is 2.14. The van der Waals surface area contributed by atoms with Gasteiger partial charge in [-0.05, 0) is 30.7 Å². The molecule has 1 atom stereocenters. The normalized spacial score (nSPS) is 17.9. The third kappa shape index (κ3) is 3.54. The number of benzene rings is 1. The molecule has 1 saturated carbocycles. The number of nitrogens with one attached hydrogen (secondary N) is 1. The van der Waals surface area contributed by atoms with E-state index in [1.54, 1.807) is 0 Å². The maximum absolute atomic E-state index is 11.8. The fourth-order valence-corrected chi connectivity index (χ4v) is 3.42. The second kappa shape index (κ2) is 5.19. The van der Waals surface area contributed by atoms with Gasteiger partial charge < -0.3 is 0 Å². The lowest BCUT2D eigenvalue weighted by atomic mass is 10.0. The predicted octanol–water partition coefficient (Wildman–Crippen LogP) is 2.47. The zero-order valence-corrected chi connectivity index (χ0v) is 10.9. The van der Waals surface area contributed by atoms with Crippen LogP contribution in [0.5, 0.6) is 0 Å². The van der Waals surface area contributed by atoms with Crippen LogP contribution < -0.4 is 4.72 Å². The van der Waals surface area contributed by atoms with Gasteiger partial charge in [-0.1, -0.05) is 37.3 Å². The molecule has 17 heavy (non-hydrogen) atoms. The van der Waals surface area contributed by atoms with Crippen molar-refractivity contribution < 1.29 is 8.42 Å². The second-order valence-corrected chi connectivity index (χ2v) is 6.54. The summed E-state index contributed by atoms with van der Waals surface area (Å²) < 4.78 is 26.5. The lowest BCUT2D eigenvalue weighted by molar-refractivity contribution is 0.528. The van der Waals surface area contributed by atoms with Crippen LogP contribution in [0.1, 0.15) is 37.8 Å². The molecule has 1 aromatic carbocycles. The van der Waals surface area contributed by atoms with Gasteiger partial charge in [-0.15, -0.1) is 0 Å². The second-order valence-electron chi connectivity index (χ2n) is 4.66. The van der Waals surface area contributed by atoms with Crippen LogP contribution in [-0.4, -0.2) is 14.2 Å².